The Balaban J connectivity index is 1.59. The Bertz CT molecular complexity index is 990. The minimum Gasteiger partial charge on any atom is -0.489 e. The highest BCUT2D eigenvalue weighted by Gasteiger charge is 2.17. The normalized spacial score (nSPS) is 12.0. The van der Waals surface area contributed by atoms with Crippen molar-refractivity contribution in [3.63, 3.8) is 0 Å². The molecule has 0 aliphatic heterocycles. The summed E-state index contributed by atoms with van der Waals surface area (Å²) in [6, 6.07) is 9.95. The maximum Gasteiger partial charge on any atom is 0.234 e. The van der Waals surface area contributed by atoms with Crippen molar-refractivity contribution in [2.75, 3.05) is 0 Å². The van der Waals surface area contributed by atoms with Gasteiger partial charge >= 0.3 is 0 Å². The zero-order chi connectivity index (χ0) is 20.8. The lowest BCUT2D eigenvalue weighted by molar-refractivity contribution is -0.120. The molecule has 3 N–H and O–H groups in total. The van der Waals surface area contributed by atoms with Gasteiger partial charge < -0.3 is 20.4 Å². The van der Waals surface area contributed by atoms with Crippen LogP contribution < -0.4 is 15.8 Å². The van der Waals surface area contributed by atoms with Crippen molar-refractivity contribution in [3.8, 4) is 5.75 Å². The number of carbonyl (C=O) groups is 1. The molecule has 0 fully saturated rings. The highest BCUT2D eigenvalue weighted by atomic mass is 19.1. The highest BCUT2D eigenvalue weighted by Crippen LogP contribution is 2.19. The number of benzene rings is 2. The lowest BCUT2D eigenvalue weighted by Crippen LogP contribution is -2.42. The molecule has 0 radical (unpaired) electrons. The summed E-state index contributed by atoms with van der Waals surface area (Å²) in [6.07, 6.45) is 3.73. The SMILES string of the molecule is Cn1cnc(CC(NCc2ccc(OCc3ccccc3F)cc2F)C(N)=O)c1. The summed E-state index contributed by atoms with van der Waals surface area (Å²) >= 11 is 0. The van der Waals surface area contributed by atoms with Crippen molar-refractivity contribution in [1.29, 1.82) is 0 Å². The van der Waals surface area contributed by atoms with E-state index in [1.54, 1.807) is 47.4 Å². The maximum absolute atomic E-state index is 14.4. The number of aromatic nitrogens is 2. The lowest BCUT2D eigenvalue weighted by Gasteiger charge is -2.15. The number of ether oxygens (including phenoxy) is 1. The van der Waals surface area contributed by atoms with Gasteiger partial charge in [0, 0.05) is 43.4 Å². The van der Waals surface area contributed by atoms with Crippen LogP contribution in [0.5, 0.6) is 5.75 Å². The summed E-state index contributed by atoms with van der Waals surface area (Å²) < 4.78 is 35.3. The fourth-order valence-electron chi connectivity index (χ4n) is 2.83. The van der Waals surface area contributed by atoms with Crippen LogP contribution in [-0.4, -0.2) is 21.5 Å². The molecule has 8 heteroatoms. The second-order valence-corrected chi connectivity index (χ2v) is 6.70. The third-order valence-electron chi connectivity index (χ3n) is 4.43. The van der Waals surface area contributed by atoms with Crippen LogP contribution in [0.3, 0.4) is 0 Å². The maximum atomic E-state index is 14.4. The molecule has 29 heavy (non-hydrogen) atoms. The average molecular weight is 400 g/mol. The number of nitrogens with two attached hydrogens (primary N) is 1. The number of amides is 1. The Labute approximate surface area is 167 Å². The first kappa shape index (κ1) is 20.5. The van der Waals surface area contributed by atoms with E-state index in [1.165, 1.54) is 12.1 Å². The zero-order valence-corrected chi connectivity index (χ0v) is 15.9. The van der Waals surface area contributed by atoms with Gasteiger partial charge in [-0.25, -0.2) is 13.8 Å². The van der Waals surface area contributed by atoms with Gasteiger partial charge in [0.1, 0.15) is 24.0 Å². The van der Waals surface area contributed by atoms with E-state index < -0.39 is 17.8 Å². The van der Waals surface area contributed by atoms with Gasteiger partial charge in [-0.2, -0.15) is 0 Å². The van der Waals surface area contributed by atoms with E-state index in [2.05, 4.69) is 10.3 Å². The first-order valence-electron chi connectivity index (χ1n) is 9.06. The molecule has 3 aromatic rings. The molecule has 6 nitrogen and oxygen atoms in total. The van der Waals surface area contributed by atoms with Crippen molar-refractivity contribution >= 4 is 5.91 Å². The first-order valence-corrected chi connectivity index (χ1v) is 9.06. The molecule has 1 amide bonds. The number of nitrogens with one attached hydrogen (secondary N) is 1. The molecule has 0 aliphatic carbocycles. The van der Waals surface area contributed by atoms with Crippen LogP contribution >= 0.6 is 0 Å². The Morgan fingerprint density at radius 1 is 1.21 bits per heavy atom. The van der Waals surface area contributed by atoms with Crippen molar-refractivity contribution in [2.24, 2.45) is 12.8 Å². The number of carbonyl (C=O) groups excluding carboxylic acids is 1. The molecule has 0 saturated carbocycles. The van der Waals surface area contributed by atoms with Gasteiger partial charge in [0.25, 0.3) is 0 Å². The molecule has 3 rings (SSSR count). The number of primary amides is 1. The minimum absolute atomic E-state index is 0.00245. The van der Waals surface area contributed by atoms with E-state index in [1.807, 2.05) is 7.05 Å². The van der Waals surface area contributed by atoms with Gasteiger partial charge in [-0.1, -0.05) is 24.3 Å². The number of hydrogen-bond donors (Lipinski definition) is 2. The molecule has 1 atom stereocenters. The third-order valence-corrected chi connectivity index (χ3v) is 4.43. The van der Waals surface area contributed by atoms with E-state index >= 15 is 0 Å². The number of aryl methyl sites for hydroxylation is 1. The molecule has 1 aromatic heterocycles. The van der Waals surface area contributed by atoms with E-state index in [0.717, 1.165) is 0 Å². The topological polar surface area (TPSA) is 82.2 Å². The molecular formula is C21H22F2N4O2. The number of rotatable bonds is 9. The van der Waals surface area contributed by atoms with Gasteiger partial charge in [0.15, 0.2) is 0 Å². The fraction of sp³-hybridized carbons (Fsp3) is 0.238. The molecule has 0 saturated heterocycles. The van der Waals surface area contributed by atoms with Crippen LogP contribution in [0, 0.1) is 11.6 Å². The molecule has 1 heterocycles. The summed E-state index contributed by atoms with van der Waals surface area (Å²) in [5.41, 5.74) is 6.90. The average Bonchev–Trinajstić information content (AvgIpc) is 3.10. The first-order chi connectivity index (χ1) is 13.9. The van der Waals surface area contributed by atoms with Crippen molar-refractivity contribution in [2.45, 2.75) is 25.6 Å². The largest absolute Gasteiger partial charge is 0.489 e. The molecular weight excluding hydrogens is 378 g/mol. The molecule has 152 valence electrons. The van der Waals surface area contributed by atoms with Gasteiger partial charge in [0.05, 0.1) is 18.1 Å². The van der Waals surface area contributed by atoms with Crippen molar-refractivity contribution in [3.05, 3.63) is 83.4 Å². The van der Waals surface area contributed by atoms with E-state index in [0.29, 0.717) is 23.2 Å². The predicted octanol–water partition coefficient (Wildman–Crippen LogP) is 2.46. The van der Waals surface area contributed by atoms with Gasteiger partial charge in [0.2, 0.25) is 5.91 Å². The monoisotopic (exact) mass is 400 g/mol. The molecule has 2 aromatic carbocycles. The lowest BCUT2D eigenvalue weighted by atomic mass is 10.1. The summed E-state index contributed by atoms with van der Waals surface area (Å²) in [4.78, 5) is 15.9. The van der Waals surface area contributed by atoms with Crippen LogP contribution in [0.1, 0.15) is 16.8 Å². The van der Waals surface area contributed by atoms with Gasteiger partial charge in [-0.15, -0.1) is 0 Å². The molecule has 0 aliphatic rings. The number of nitrogens with zero attached hydrogens (tertiary/aromatic N) is 2. The summed E-state index contributed by atoms with van der Waals surface area (Å²) in [6.45, 7) is 0.109. The standard InChI is InChI=1S/C21H22F2N4O2/c1-27-11-16(26-13-27)8-20(21(24)28)25-10-14-6-7-17(9-19(14)23)29-12-15-4-2-3-5-18(15)22/h2-7,9,11,13,20,25H,8,10,12H2,1H3,(H2,24,28). The highest BCUT2D eigenvalue weighted by molar-refractivity contribution is 5.80. The predicted molar refractivity (Wildman–Crippen MR) is 104 cm³/mol. The second-order valence-electron chi connectivity index (χ2n) is 6.70. The van der Waals surface area contributed by atoms with Crippen LogP contribution in [-0.2, 0) is 31.4 Å². The van der Waals surface area contributed by atoms with Crippen LogP contribution in [0.2, 0.25) is 0 Å². The Morgan fingerprint density at radius 2 is 2.00 bits per heavy atom. The second kappa shape index (κ2) is 9.29. The summed E-state index contributed by atoms with van der Waals surface area (Å²) in [7, 11) is 1.83. The summed E-state index contributed by atoms with van der Waals surface area (Å²) in [5, 5.41) is 2.96. The Kier molecular flexibility index (Phi) is 6.56. The number of halogens is 2. The van der Waals surface area contributed by atoms with Gasteiger partial charge in [-0.05, 0) is 12.1 Å². The molecule has 1 unspecified atom stereocenters. The Morgan fingerprint density at radius 3 is 2.66 bits per heavy atom. The number of hydrogen-bond acceptors (Lipinski definition) is 4. The minimum atomic E-state index is -0.679. The van der Waals surface area contributed by atoms with E-state index in [-0.39, 0.29) is 24.7 Å². The van der Waals surface area contributed by atoms with Crippen LogP contribution in [0.15, 0.2) is 55.0 Å². The quantitative estimate of drug-likeness (QED) is 0.578. The van der Waals surface area contributed by atoms with E-state index in [4.69, 9.17) is 10.5 Å². The Hall–Kier alpha value is -3.26. The van der Waals surface area contributed by atoms with Crippen LogP contribution in [0.25, 0.3) is 0 Å². The third kappa shape index (κ3) is 5.61. The molecule has 0 bridgehead atoms. The number of imidazole rings is 1. The van der Waals surface area contributed by atoms with Crippen LogP contribution in [0.4, 0.5) is 8.78 Å². The fourth-order valence-corrected chi connectivity index (χ4v) is 2.83. The van der Waals surface area contributed by atoms with Gasteiger partial charge in [-0.3, -0.25) is 4.79 Å². The van der Waals surface area contributed by atoms with Crippen molar-refractivity contribution < 1.29 is 18.3 Å². The van der Waals surface area contributed by atoms with Crippen molar-refractivity contribution in [1.82, 2.24) is 14.9 Å². The van der Waals surface area contributed by atoms with E-state index in [9.17, 15) is 13.6 Å². The molecule has 0 spiro atoms. The smallest absolute Gasteiger partial charge is 0.234 e. The zero-order valence-electron chi connectivity index (χ0n) is 15.9. The summed E-state index contributed by atoms with van der Waals surface area (Å²) in [5.74, 6) is -1.13.